The number of nitrogens with zero attached hydrogens (tertiary/aromatic N) is 1. The second kappa shape index (κ2) is 4.84. The molecule has 2 rings (SSSR count). The van der Waals surface area contributed by atoms with E-state index in [1.165, 1.54) is 6.92 Å². The van der Waals surface area contributed by atoms with Crippen molar-refractivity contribution in [2.24, 2.45) is 0 Å². The molecule has 0 aliphatic heterocycles. The first-order valence-electron chi connectivity index (χ1n) is 5.90. The summed E-state index contributed by atoms with van der Waals surface area (Å²) in [6.07, 6.45) is 2.94. The van der Waals surface area contributed by atoms with Gasteiger partial charge < -0.3 is 9.30 Å². The molecule has 17 heavy (non-hydrogen) atoms. The van der Waals surface area contributed by atoms with Gasteiger partial charge in [0.05, 0.1) is 12.2 Å². The first kappa shape index (κ1) is 12.0. The van der Waals surface area contributed by atoms with Crippen LogP contribution in [0.2, 0.25) is 0 Å². The Morgan fingerprint density at radius 3 is 2.88 bits per heavy atom. The van der Waals surface area contributed by atoms with Gasteiger partial charge in [-0.1, -0.05) is 0 Å². The van der Waals surface area contributed by atoms with Crippen LogP contribution >= 0.6 is 0 Å². The summed E-state index contributed by atoms with van der Waals surface area (Å²) in [6, 6.07) is 1.77. The van der Waals surface area contributed by atoms with Crippen molar-refractivity contribution in [3.05, 3.63) is 33.2 Å². The monoisotopic (exact) mass is 235 g/mol. The van der Waals surface area contributed by atoms with Crippen molar-refractivity contribution >= 4 is 5.78 Å². The van der Waals surface area contributed by atoms with Crippen LogP contribution in [0.5, 0.6) is 0 Å². The van der Waals surface area contributed by atoms with Gasteiger partial charge in [-0.25, -0.2) is 0 Å². The maximum absolute atomic E-state index is 12.2. The summed E-state index contributed by atoms with van der Waals surface area (Å²) in [5.74, 6) is -0.157. The zero-order chi connectivity index (χ0) is 12.4. The number of aromatic nitrogens is 1. The molecule has 4 heteroatoms. The minimum absolute atomic E-state index is 0.157. The lowest BCUT2D eigenvalue weighted by Gasteiger charge is -2.13. The Hall–Kier alpha value is -1.42. The van der Waals surface area contributed by atoms with Crippen LogP contribution in [0.1, 0.15) is 35.0 Å². The predicted octanol–water partition coefficient (Wildman–Crippen LogP) is 1.19. The molecular formula is C13H17NO3. The third-order valence-electron chi connectivity index (χ3n) is 3.25. The molecule has 0 radical (unpaired) electrons. The van der Waals surface area contributed by atoms with Crippen molar-refractivity contribution < 1.29 is 9.53 Å². The highest BCUT2D eigenvalue weighted by Crippen LogP contribution is 2.21. The number of fused-ring (bicyclic) bond motifs is 1. The number of hydrogen-bond acceptors (Lipinski definition) is 3. The highest BCUT2D eigenvalue weighted by molar-refractivity contribution is 5.93. The zero-order valence-corrected chi connectivity index (χ0v) is 10.3. The fraction of sp³-hybridized carbons (Fsp3) is 0.538. The van der Waals surface area contributed by atoms with Crippen molar-refractivity contribution in [1.82, 2.24) is 4.57 Å². The molecule has 0 unspecified atom stereocenters. The van der Waals surface area contributed by atoms with Crippen LogP contribution in [-0.4, -0.2) is 24.1 Å². The molecule has 1 aromatic rings. The molecule has 0 atom stereocenters. The van der Waals surface area contributed by atoms with Gasteiger partial charge in [0.15, 0.2) is 5.78 Å². The molecule has 0 saturated heterocycles. The lowest BCUT2D eigenvalue weighted by Crippen LogP contribution is -2.30. The number of methoxy groups -OCH3 is 1. The second-order valence-electron chi connectivity index (χ2n) is 4.39. The highest BCUT2D eigenvalue weighted by atomic mass is 16.5. The molecule has 4 nitrogen and oxygen atoms in total. The Morgan fingerprint density at radius 1 is 1.47 bits per heavy atom. The van der Waals surface area contributed by atoms with Crippen molar-refractivity contribution in [3.63, 3.8) is 0 Å². The topological polar surface area (TPSA) is 48.3 Å². The number of carbonyl (C=O) groups excluding carboxylic acids is 1. The Morgan fingerprint density at radius 2 is 2.24 bits per heavy atom. The summed E-state index contributed by atoms with van der Waals surface area (Å²) in [5.41, 5.74) is 2.36. The van der Waals surface area contributed by atoms with Crippen LogP contribution in [0.25, 0.3) is 0 Å². The molecule has 1 aliphatic carbocycles. The SMILES string of the molecule is COCCn1c2c(cc(C(C)=O)c1=O)CCC2. The Labute approximate surface area is 100 Å². The molecule has 1 heterocycles. The second-order valence-corrected chi connectivity index (χ2v) is 4.39. The highest BCUT2D eigenvalue weighted by Gasteiger charge is 2.20. The van der Waals surface area contributed by atoms with Crippen LogP contribution in [0.4, 0.5) is 0 Å². The lowest BCUT2D eigenvalue weighted by molar-refractivity contribution is 0.101. The van der Waals surface area contributed by atoms with Gasteiger partial charge in [0.1, 0.15) is 0 Å². The van der Waals surface area contributed by atoms with Crippen LogP contribution in [-0.2, 0) is 24.1 Å². The zero-order valence-electron chi connectivity index (χ0n) is 10.3. The molecule has 1 aliphatic rings. The molecule has 0 aromatic carbocycles. The van der Waals surface area contributed by atoms with Crippen LogP contribution in [0, 0.1) is 0 Å². The quantitative estimate of drug-likeness (QED) is 0.736. The van der Waals surface area contributed by atoms with E-state index >= 15 is 0 Å². The number of hydrogen-bond donors (Lipinski definition) is 0. The maximum atomic E-state index is 12.2. The van der Waals surface area contributed by atoms with Gasteiger partial charge in [-0.15, -0.1) is 0 Å². The van der Waals surface area contributed by atoms with E-state index in [1.807, 2.05) is 0 Å². The van der Waals surface area contributed by atoms with Crippen LogP contribution < -0.4 is 5.56 Å². The van der Waals surface area contributed by atoms with E-state index in [0.29, 0.717) is 18.7 Å². The summed E-state index contributed by atoms with van der Waals surface area (Å²) in [6.45, 7) is 2.46. The van der Waals surface area contributed by atoms with E-state index in [-0.39, 0.29) is 11.3 Å². The predicted molar refractivity (Wildman–Crippen MR) is 64.6 cm³/mol. The molecule has 0 spiro atoms. The van der Waals surface area contributed by atoms with E-state index in [0.717, 1.165) is 30.5 Å². The average Bonchev–Trinajstić information content (AvgIpc) is 2.74. The number of aryl methyl sites for hydroxylation is 1. The first-order valence-corrected chi connectivity index (χ1v) is 5.90. The van der Waals surface area contributed by atoms with Crippen LogP contribution in [0.3, 0.4) is 0 Å². The van der Waals surface area contributed by atoms with Crippen molar-refractivity contribution in [1.29, 1.82) is 0 Å². The lowest BCUT2D eigenvalue weighted by atomic mass is 10.1. The van der Waals surface area contributed by atoms with Crippen molar-refractivity contribution in [2.75, 3.05) is 13.7 Å². The van der Waals surface area contributed by atoms with Gasteiger partial charge in [0.2, 0.25) is 0 Å². The fourth-order valence-electron chi connectivity index (χ4n) is 2.39. The number of ketones is 1. The third-order valence-corrected chi connectivity index (χ3v) is 3.25. The molecule has 0 bridgehead atoms. The van der Waals surface area contributed by atoms with Gasteiger partial charge in [-0.05, 0) is 37.8 Å². The molecule has 0 fully saturated rings. The third kappa shape index (κ3) is 2.17. The molecule has 0 amide bonds. The summed E-state index contributed by atoms with van der Waals surface area (Å²) >= 11 is 0. The summed E-state index contributed by atoms with van der Waals surface area (Å²) in [4.78, 5) is 23.6. The largest absolute Gasteiger partial charge is 0.383 e. The summed E-state index contributed by atoms with van der Waals surface area (Å²) < 4.78 is 6.73. The number of Topliss-reactive ketones (excluding diaryl/α,β-unsaturated/α-hetero) is 1. The molecular weight excluding hydrogens is 218 g/mol. The molecule has 0 N–H and O–H groups in total. The Bertz CT molecular complexity index is 502. The maximum Gasteiger partial charge on any atom is 0.261 e. The Kier molecular flexibility index (Phi) is 3.43. The van der Waals surface area contributed by atoms with E-state index in [1.54, 1.807) is 17.7 Å². The van der Waals surface area contributed by atoms with E-state index in [4.69, 9.17) is 4.74 Å². The molecule has 0 saturated carbocycles. The van der Waals surface area contributed by atoms with Gasteiger partial charge in [0.25, 0.3) is 5.56 Å². The van der Waals surface area contributed by atoms with Crippen molar-refractivity contribution in [3.8, 4) is 0 Å². The van der Waals surface area contributed by atoms with Gasteiger partial charge >= 0.3 is 0 Å². The normalized spacial score (nSPS) is 13.8. The molecule has 92 valence electrons. The van der Waals surface area contributed by atoms with Gasteiger partial charge in [-0.2, -0.15) is 0 Å². The van der Waals surface area contributed by atoms with Crippen LogP contribution in [0.15, 0.2) is 10.9 Å². The van der Waals surface area contributed by atoms with E-state index in [9.17, 15) is 9.59 Å². The number of ether oxygens (including phenoxy) is 1. The average molecular weight is 235 g/mol. The number of pyridine rings is 1. The smallest absolute Gasteiger partial charge is 0.261 e. The van der Waals surface area contributed by atoms with E-state index in [2.05, 4.69) is 0 Å². The first-order chi connectivity index (χ1) is 8.15. The summed E-state index contributed by atoms with van der Waals surface area (Å²) in [5, 5.41) is 0. The molecule has 1 aromatic heterocycles. The minimum atomic E-state index is -0.171. The summed E-state index contributed by atoms with van der Waals surface area (Å²) in [7, 11) is 1.61. The van der Waals surface area contributed by atoms with Crippen molar-refractivity contribution in [2.45, 2.75) is 32.7 Å². The van der Waals surface area contributed by atoms with E-state index < -0.39 is 0 Å². The minimum Gasteiger partial charge on any atom is -0.383 e. The number of carbonyl (C=O) groups is 1. The number of rotatable bonds is 4. The van der Waals surface area contributed by atoms with Gasteiger partial charge in [0, 0.05) is 19.3 Å². The fourth-order valence-corrected chi connectivity index (χ4v) is 2.39. The standard InChI is InChI=1S/C13H17NO3/c1-9(15)11-8-10-4-3-5-12(10)14(13(11)16)6-7-17-2/h8H,3-7H2,1-2H3. The van der Waals surface area contributed by atoms with Gasteiger partial charge in [-0.3, -0.25) is 9.59 Å². The Balaban J connectivity index is 2.54.